The zero-order chi connectivity index (χ0) is 19.7. The van der Waals surface area contributed by atoms with Crippen molar-refractivity contribution in [2.24, 2.45) is 0 Å². The van der Waals surface area contributed by atoms with Gasteiger partial charge in [0.25, 0.3) is 5.91 Å². The average Bonchev–Trinajstić information content (AvgIpc) is 2.92. The number of hydrogen-bond donors (Lipinski definition) is 0. The number of rotatable bonds is 1. The third kappa shape index (κ3) is 4.87. The number of amides is 2. The van der Waals surface area contributed by atoms with Crippen molar-refractivity contribution in [3.63, 3.8) is 0 Å². The molecule has 1 aromatic rings. The van der Waals surface area contributed by atoms with Gasteiger partial charge in [-0.2, -0.15) is 0 Å². The van der Waals surface area contributed by atoms with Gasteiger partial charge in [0.1, 0.15) is 11.3 Å². The van der Waals surface area contributed by atoms with Crippen molar-refractivity contribution >= 4 is 23.3 Å². The highest BCUT2D eigenvalue weighted by atomic mass is 32.1. The third-order valence-corrected chi connectivity index (χ3v) is 5.42. The van der Waals surface area contributed by atoms with Crippen LogP contribution in [0.25, 0.3) is 0 Å². The predicted molar refractivity (Wildman–Crippen MR) is 103 cm³/mol. The molecule has 1 fully saturated rings. The number of carbonyl (C=O) groups is 2. The molecular weight excluding hydrogens is 366 g/mol. The quantitative estimate of drug-likeness (QED) is 0.733. The van der Waals surface area contributed by atoms with Crippen molar-refractivity contribution in [1.29, 1.82) is 0 Å². The first-order chi connectivity index (χ1) is 12.7. The van der Waals surface area contributed by atoms with Crippen LogP contribution in [0.3, 0.4) is 0 Å². The molecule has 1 atom stereocenters. The molecule has 7 nitrogen and oxygen atoms in total. The zero-order valence-electron chi connectivity index (χ0n) is 16.4. The summed E-state index contributed by atoms with van der Waals surface area (Å²) in [7, 11) is 0. The normalized spacial score (nSPS) is 23.4. The van der Waals surface area contributed by atoms with Crippen LogP contribution in [0.4, 0.5) is 4.79 Å². The highest BCUT2D eigenvalue weighted by Gasteiger charge is 2.37. The number of carbonyl (C=O) groups excluding carboxylic acids is 2. The first kappa shape index (κ1) is 19.8. The Morgan fingerprint density at radius 2 is 2.00 bits per heavy atom. The maximum Gasteiger partial charge on any atom is 0.414 e. The topological polar surface area (TPSA) is 72.0 Å². The molecule has 0 saturated carbocycles. The molecule has 8 heteroatoms. The summed E-state index contributed by atoms with van der Waals surface area (Å²) in [5, 5.41) is 2.69. The lowest BCUT2D eigenvalue weighted by atomic mass is 9.92. The van der Waals surface area contributed by atoms with Crippen molar-refractivity contribution in [3.8, 4) is 0 Å². The summed E-state index contributed by atoms with van der Waals surface area (Å²) in [6.45, 7) is 9.59. The number of aromatic nitrogens is 1. The number of nitrogens with zero attached hydrogens (tertiary/aromatic N) is 3. The fraction of sp³-hybridized carbons (Fsp3) is 0.632. The first-order valence-corrected chi connectivity index (χ1v) is 10.1. The predicted octanol–water partition coefficient (Wildman–Crippen LogP) is 3.21. The SMILES string of the molecule is Cc1nc(C(=O)N2CCOC3(C=CN(C(=O)OC(C)(C)C)CC3)CC2)cs1. The minimum Gasteiger partial charge on any atom is -0.443 e. The molecule has 0 aliphatic carbocycles. The number of aryl methyl sites for hydroxylation is 1. The molecule has 3 rings (SSSR count). The van der Waals surface area contributed by atoms with Crippen LogP contribution in [0.5, 0.6) is 0 Å². The fourth-order valence-corrected chi connectivity index (χ4v) is 3.78. The van der Waals surface area contributed by atoms with E-state index in [2.05, 4.69) is 4.98 Å². The van der Waals surface area contributed by atoms with Crippen LogP contribution in [0.1, 0.15) is 49.1 Å². The second-order valence-corrected chi connectivity index (χ2v) is 9.01. The van der Waals surface area contributed by atoms with Gasteiger partial charge in [-0.25, -0.2) is 9.78 Å². The Morgan fingerprint density at radius 3 is 2.59 bits per heavy atom. The largest absolute Gasteiger partial charge is 0.443 e. The van der Waals surface area contributed by atoms with E-state index in [9.17, 15) is 9.59 Å². The summed E-state index contributed by atoms with van der Waals surface area (Å²) in [4.78, 5) is 32.5. The summed E-state index contributed by atoms with van der Waals surface area (Å²) in [5.74, 6) is -0.0461. The van der Waals surface area contributed by atoms with Gasteiger partial charge in [-0.05, 0) is 46.6 Å². The van der Waals surface area contributed by atoms with Gasteiger partial charge in [-0.1, -0.05) is 0 Å². The van der Waals surface area contributed by atoms with Gasteiger partial charge in [0, 0.05) is 31.2 Å². The van der Waals surface area contributed by atoms with Crippen LogP contribution in [0.2, 0.25) is 0 Å². The standard InChI is InChI=1S/C19H27N3O4S/c1-14-20-15(13-27-14)16(23)21-8-5-19(25-12-11-21)6-9-22(10-7-19)17(24)26-18(2,3)4/h6,9,13H,5,7-8,10-12H2,1-4H3. The van der Waals surface area contributed by atoms with E-state index in [4.69, 9.17) is 9.47 Å². The molecule has 1 saturated heterocycles. The van der Waals surface area contributed by atoms with Crippen molar-refractivity contribution in [2.45, 2.75) is 51.7 Å². The van der Waals surface area contributed by atoms with Gasteiger partial charge in [0.05, 0.1) is 17.2 Å². The Morgan fingerprint density at radius 1 is 1.26 bits per heavy atom. The highest BCUT2D eigenvalue weighted by molar-refractivity contribution is 7.09. The van der Waals surface area contributed by atoms with Crippen LogP contribution in [-0.4, -0.2) is 64.2 Å². The molecule has 2 aliphatic rings. The molecule has 1 unspecified atom stereocenters. The molecule has 3 heterocycles. The first-order valence-electron chi connectivity index (χ1n) is 9.22. The Bertz CT molecular complexity index is 740. The minimum atomic E-state index is -0.520. The van der Waals surface area contributed by atoms with E-state index in [0.29, 0.717) is 44.8 Å². The van der Waals surface area contributed by atoms with Crippen molar-refractivity contribution in [3.05, 3.63) is 28.4 Å². The van der Waals surface area contributed by atoms with Gasteiger partial charge in [-0.15, -0.1) is 11.3 Å². The van der Waals surface area contributed by atoms with Gasteiger partial charge in [0.15, 0.2) is 0 Å². The lowest BCUT2D eigenvalue weighted by Gasteiger charge is -2.36. The Kier molecular flexibility index (Phi) is 5.58. The Balaban J connectivity index is 1.61. The number of thiazole rings is 1. The maximum atomic E-state index is 12.6. The van der Waals surface area contributed by atoms with Crippen LogP contribution in [0, 0.1) is 6.92 Å². The summed E-state index contributed by atoms with van der Waals surface area (Å²) in [5.41, 5.74) is -0.456. The molecule has 1 aromatic heterocycles. The van der Waals surface area contributed by atoms with Gasteiger partial charge < -0.3 is 14.4 Å². The Hall–Kier alpha value is -1.93. The third-order valence-electron chi connectivity index (χ3n) is 4.64. The van der Waals surface area contributed by atoms with E-state index >= 15 is 0 Å². The molecule has 0 aromatic carbocycles. The van der Waals surface area contributed by atoms with E-state index in [1.165, 1.54) is 11.3 Å². The summed E-state index contributed by atoms with van der Waals surface area (Å²) >= 11 is 1.48. The molecule has 0 bridgehead atoms. The summed E-state index contributed by atoms with van der Waals surface area (Å²) in [6.07, 6.45) is 4.71. The van der Waals surface area contributed by atoms with Gasteiger partial charge in [-0.3, -0.25) is 9.69 Å². The molecule has 2 aliphatic heterocycles. The molecule has 1 spiro atoms. The number of hydrogen-bond acceptors (Lipinski definition) is 6. The van der Waals surface area contributed by atoms with Crippen molar-refractivity contribution in [1.82, 2.24) is 14.8 Å². The van der Waals surface area contributed by atoms with E-state index in [1.807, 2.05) is 33.8 Å². The van der Waals surface area contributed by atoms with Gasteiger partial charge >= 0.3 is 6.09 Å². The van der Waals surface area contributed by atoms with Crippen LogP contribution < -0.4 is 0 Å². The van der Waals surface area contributed by atoms with Crippen LogP contribution >= 0.6 is 11.3 Å². The molecule has 0 radical (unpaired) electrons. The number of ether oxygens (including phenoxy) is 2. The summed E-state index contributed by atoms with van der Waals surface area (Å²) in [6, 6.07) is 0. The molecule has 2 amide bonds. The average molecular weight is 394 g/mol. The Labute approximate surface area is 163 Å². The lowest BCUT2D eigenvalue weighted by Crippen LogP contribution is -2.43. The van der Waals surface area contributed by atoms with Crippen molar-refractivity contribution < 1.29 is 19.1 Å². The van der Waals surface area contributed by atoms with E-state index < -0.39 is 11.2 Å². The summed E-state index contributed by atoms with van der Waals surface area (Å²) < 4.78 is 11.5. The zero-order valence-corrected chi connectivity index (χ0v) is 17.2. The monoisotopic (exact) mass is 393 g/mol. The minimum absolute atomic E-state index is 0.0461. The second kappa shape index (κ2) is 7.59. The van der Waals surface area contributed by atoms with E-state index in [1.54, 1.807) is 21.4 Å². The molecule has 148 valence electrons. The fourth-order valence-electron chi connectivity index (χ4n) is 3.19. The highest BCUT2D eigenvalue weighted by Crippen LogP contribution is 2.30. The van der Waals surface area contributed by atoms with Crippen LogP contribution in [-0.2, 0) is 9.47 Å². The lowest BCUT2D eigenvalue weighted by molar-refractivity contribution is -0.0215. The second-order valence-electron chi connectivity index (χ2n) is 7.95. The van der Waals surface area contributed by atoms with E-state index in [-0.39, 0.29) is 12.0 Å². The molecular formula is C19H27N3O4S. The van der Waals surface area contributed by atoms with E-state index in [0.717, 1.165) is 5.01 Å². The molecule has 0 N–H and O–H groups in total. The molecule has 27 heavy (non-hydrogen) atoms. The van der Waals surface area contributed by atoms with Crippen LogP contribution in [0.15, 0.2) is 17.7 Å². The smallest absolute Gasteiger partial charge is 0.414 e. The maximum absolute atomic E-state index is 12.6. The van der Waals surface area contributed by atoms with Crippen molar-refractivity contribution in [2.75, 3.05) is 26.2 Å². The van der Waals surface area contributed by atoms with Gasteiger partial charge in [0.2, 0.25) is 0 Å².